The maximum atomic E-state index is 12.1. The lowest BCUT2D eigenvalue weighted by molar-refractivity contribution is -0.0498. The zero-order valence-corrected chi connectivity index (χ0v) is 10.7. The van der Waals surface area contributed by atoms with Crippen LogP contribution in [0.1, 0.15) is 5.56 Å². The molecule has 0 aliphatic carbocycles. The molecule has 0 fully saturated rings. The van der Waals surface area contributed by atoms with E-state index in [1.807, 2.05) is 20.3 Å². The molecule has 0 spiro atoms. The SMILES string of the molecule is CNCc1cn(C)nc1-c1ccc(OC(F)F)cc1. The lowest BCUT2D eigenvalue weighted by Gasteiger charge is -2.05. The third-order valence-electron chi connectivity index (χ3n) is 2.62. The topological polar surface area (TPSA) is 39.1 Å². The van der Waals surface area contributed by atoms with Gasteiger partial charge in [-0.05, 0) is 31.3 Å². The summed E-state index contributed by atoms with van der Waals surface area (Å²) in [7, 11) is 3.70. The average Bonchev–Trinajstić information content (AvgIpc) is 2.71. The molecule has 0 aliphatic heterocycles. The second kappa shape index (κ2) is 5.79. The van der Waals surface area contributed by atoms with Crippen LogP contribution < -0.4 is 10.1 Å². The highest BCUT2D eigenvalue weighted by molar-refractivity contribution is 5.63. The van der Waals surface area contributed by atoms with E-state index in [-0.39, 0.29) is 5.75 Å². The predicted molar refractivity (Wildman–Crippen MR) is 68.0 cm³/mol. The highest BCUT2D eigenvalue weighted by Gasteiger charge is 2.10. The summed E-state index contributed by atoms with van der Waals surface area (Å²) in [6, 6.07) is 6.47. The number of rotatable bonds is 5. The lowest BCUT2D eigenvalue weighted by atomic mass is 10.1. The van der Waals surface area contributed by atoms with Crippen LogP contribution in [0.15, 0.2) is 30.5 Å². The van der Waals surface area contributed by atoms with E-state index in [0.717, 1.165) is 16.8 Å². The van der Waals surface area contributed by atoms with Gasteiger partial charge in [0.1, 0.15) is 5.75 Å². The zero-order chi connectivity index (χ0) is 13.8. The monoisotopic (exact) mass is 267 g/mol. The average molecular weight is 267 g/mol. The van der Waals surface area contributed by atoms with Crippen molar-refractivity contribution in [2.24, 2.45) is 7.05 Å². The minimum atomic E-state index is -2.81. The molecule has 4 nitrogen and oxygen atoms in total. The van der Waals surface area contributed by atoms with E-state index in [1.165, 1.54) is 12.1 Å². The molecule has 102 valence electrons. The summed E-state index contributed by atoms with van der Waals surface area (Å²) in [5, 5.41) is 7.45. The zero-order valence-electron chi connectivity index (χ0n) is 10.7. The van der Waals surface area contributed by atoms with Crippen LogP contribution in [0.2, 0.25) is 0 Å². The van der Waals surface area contributed by atoms with Gasteiger partial charge in [-0.15, -0.1) is 0 Å². The molecule has 19 heavy (non-hydrogen) atoms. The third kappa shape index (κ3) is 3.29. The summed E-state index contributed by atoms with van der Waals surface area (Å²) < 4.78 is 30.2. The highest BCUT2D eigenvalue weighted by atomic mass is 19.3. The van der Waals surface area contributed by atoms with Crippen LogP contribution in [0.4, 0.5) is 8.78 Å². The fraction of sp³-hybridized carbons (Fsp3) is 0.308. The Morgan fingerprint density at radius 2 is 2.00 bits per heavy atom. The molecule has 1 N–H and O–H groups in total. The van der Waals surface area contributed by atoms with Gasteiger partial charge >= 0.3 is 6.61 Å². The fourth-order valence-corrected chi connectivity index (χ4v) is 1.89. The smallest absolute Gasteiger partial charge is 0.387 e. The summed E-state index contributed by atoms with van der Waals surface area (Å²) in [6.45, 7) is -2.11. The number of halogens is 2. The van der Waals surface area contributed by atoms with Crippen molar-refractivity contribution < 1.29 is 13.5 Å². The van der Waals surface area contributed by atoms with E-state index in [4.69, 9.17) is 0 Å². The van der Waals surface area contributed by atoms with Gasteiger partial charge in [0.15, 0.2) is 0 Å². The Bertz CT molecular complexity index is 537. The van der Waals surface area contributed by atoms with E-state index in [1.54, 1.807) is 16.8 Å². The first-order valence-corrected chi connectivity index (χ1v) is 5.82. The van der Waals surface area contributed by atoms with Crippen LogP contribution in [0.3, 0.4) is 0 Å². The number of aryl methyl sites for hydroxylation is 1. The molecule has 0 saturated heterocycles. The summed E-state index contributed by atoms with van der Waals surface area (Å²) in [5.74, 6) is 0.143. The van der Waals surface area contributed by atoms with E-state index in [2.05, 4.69) is 15.2 Å². The molecule has 0 amide bonds. The number of alkyl halides is 2. The van der Waals surface area contributed by atoms with Crippen LogP contribution in [0, 0.1) is 0 Å². The van der Waals surface area contributed by atoms with Crippen LogP contribution in [-0.4, -0.2) is 23.4 Å². The van der Waals surface area contributed by atoms with Gasteiger partial charge in [-0.2, -0.15) is 13.9 Å². The van der Waals surface area contributed by atoms with E-state index in [9.17, 15) is 8.78 Å². The van der Waals surface area contributed by atoms with Crippen molar-refractivity contribution in [3.63, 3.8) is 0 Å². The standard InChI is InChI=1S/C13H15F2N3O/c1-16-7-10-8-18(2)17-12(10)9-3-5-11(6-4-9)19-13(14)15/h3-6,8,13,16H,7H2,1-2H3. The molecule has 2 rings (SSSR count). The molecule has 0 saturated carbocycles. The molecule has 1 aromatic carbocycles. The summed E-state index contributed by atoms with van der Waals surface area (Å²) in [5.41, 5.74) is 2.75. The Morgan fingerprint density at radius 3 is 2.58 bits per heavy atom. The van der Waals surface area contributed by atoms with Gasteiger partial charge in [0.05, 0.1) is 5.69 Å². The minimum absolute atomic E-state index is 0.143. The molecule has 6 heteroatoms. The Kier molecular flexibility index (Phi) is 4.11. The summed E-state index contributed by atoms with van der Waals surface area (Å²) >= 11 is 0. The molecule has 0 radical (unpaired) electrons. The molecule has 1 aromatic heterocycles. The Hall–Kier alpha value is -1.95. The molecule has 0 unspecified atom stereocenters. The maximum Gasteiger partial charge on any atom is 0.387 e. The summed E-state index contributed by atoms with van der Waals surface area (Å²) in [4.78, 5) is 0. The second-order valence-corrected chi connectivity index (χ2v) is 4.11. The van der Waals surface area contributed by atoms with Gasteiger partial charge in [0, 0.05) is 30.9 Å². The van der Waals surface area contributed by atoms with Crippen molar-refractivity contribution in [3.05, 3.63) is 36.0 Å². The van der Waals surface area contributed by atoms with Crippen LogP contribution in [0.25, 0.3) is 11.3 Å². The molecule has 0 aliphatic rings. The fourth-order valence-electron chi connectivity index (χ4n) is 1.89. The van der Waals surface area contributed by atoms with Crippen molar-refractivity contribution in [1.82, 2.24) is 15.1 Å². The quantitative estimate of drug-likeness (QED) is 0.904. The number of aromatic nitrogens is 2. The normalized spacial score (nSPS) is 11.0. The third-order valence-corrected chi connectivity index (χ3v) is 2.62. The van der Waals surface area contributed by atoms with Crippen molar-refractivity contribution in [2.75, 3.05) is 7.05 Å². The molecular formula is C13H15F2N3O. The molecule has 0 atom stereocenters. The van der Waals surface area contributed by atoms with Gasteiger partial charge in [-0.3, -0.25) is 4.68 Å². The largest absolute Gasteiger partial charge is 0.435 e. The van der Waals surface area contributed by atoms with Crippen molar-refractivity contribution in [1.29, 1.82) is 0 Å². The molecule has 0 bridgehead atoms. The van der Waals surface area contributed by atoms with E-state index in [0.29, 0.717) is 6.54 Å². The molecular weight excluding hydrogens is 252 g/mol. The number of nitrogens with one attached hydrogen (secondary N) is 1. The Balaban J connectivity index is 2.26. The van der Waals surface area contributed by atoms with Crippen LogP contribution in [-0.2, 0) is 13.6 Å². The first kappa shape index (κ1) is 13.5. The van der Waals surface area contributed by atoms with Crippen LogP contribution in [0.5, 0.6) is 5.75 Å². The van der Waals surface area contributed by atoms with Crippen LogP contribution >= 0.6 is 0 Å². The van der Waals surface area contributed by atoms with Crippen molar-refractivity contribution in [2.45, 2.75) is 13.2 Å². The van der Waals surface area contributed by atoms with Gasteiger partial charge in [-0.1, -0.05) is 0 Å². The van der Waals surface area contributed by atoms with Gasteiger partial charge in [-0.25, -0.2) is 0 Å². The number of hydrogen-bond donors (Lipinski definition) is 1. The number of benzene rings is 1. The van der Waals surface area contributed by atoms with E-state index < -0.39 is 6.61 Å². The Morgan fingerprint density at radius 1 is 1.32 bits per heavy atom. The number of nitrogens with zero attached hydrogens (tertiary/aromatic N) is 2. The van der Waals surface area contributed by atoms with E-state index >= 15 is 0 Å². The summed E-state index contributed by atoms with van der Waals surface area (Å²) in [6.07, 6.45) is 1.93. The predicted octanol–water partition coefficient (Wildman–Crippen LogP) is 2.41. The Labute approximate surface area is 110 Å². The van der Waals surface area contributed by atoms with Gasteiger partial charge in [0.2, 0.25) is 0 Å². The van der Waals surface area contributed by atoms with Gasteiger partial charge in [0.25, 0.3) is 0 Å². The lowest BCUT2D eigenvalue weighted by Crippen LogP contribution is -2.05. The van der Waals surface area contributed by atoms with Crippen molar-refractivity contribution >= 4 is 0 Å². The molecule has 2 aromatic rings. The molecule has 1 heterocycles. The second-order valence-electron chi connectivity index (χ2n) is 4.11. The van der Waals surface area contributed by atoms with Crippen molar-refractivity contribution in [3.8, 4) is 17.0 Å². The maximum absolute atomic E-state index is 12.1. The minimum Gasteiger partial charge on any atom is -0.435 e. The highest BCUT2D eigenvalue weighted by Crippen LogP contribution is 2.24. The van der Waals surface area contributed by atoms with Gasteiger partial charge < -0.3 is 10.1 Å². The number of ether oxygens (including phenoxy) is 1. The first-order valence-electron chi connectivity index (χ1n) is 5.82. The first-order chi connectivity index (χ1) is 9.10. The number of hydrogen-bond acceptors (Lipinski definition) is 3.